The van der Waals surface area contributed by atoms with Crippen molar-refractivity contribution in [3.63, 3.8) is 0 Å². The van der Waals surface area contributed by atoms with Gasteiger partial charge in [0.2, 0.25) is 10.0 Å². The Morgan fingerprint density at radius 2 is 2.00 bits per heavy atom. The van der Waals surface area contributed by atoms with Crippen LogP contribution in [0.5, 0.6) is 0 Å². The van der Waals surface area contributed by atoms with Crippen molar-refractivity contribution >= 4 is 51.7 Å². The van der Waals surface area contributed by atoms with Crippen LogP contribution in [0.3, 0.4) is 0 Å². The van der Waals surface area contributed by atoms with E-state index >= 15 is 0 Å². The zero-order valence-electron chi connectivity index (χ0n) is 12.0. The number of thioether (sulfide) groups is 1. The highest BCUT2D eigenvalue weighted by Crippen LogP contribution is 2.12. The summed E-state index contributed by atoms with van der Waals surface area (Å²) in [5.74, 6) is 2.58. The summed E-state index contributed by atoms with van der Waals surface area (Å²) in [6, 6.07) is 0. The van der Waals surface area contributed by atoms with Crippen molar-refractivity contribution in [3.8, 4) is 0 Å². The predicted molar refractivity (Wildman–Crippen MR) is 97.4 cm³/mol. The van der Waals surface area contributed by atoms with Gasteiger partial charge in [0.15, 0.2) is 5.96 Å². The van der Waals surface area contributed by atoms with Crippen LogP contribution in [0.15, 0.2) is 4.99 Å². The first-order valence-electron chi connectivity index (χ1n) is 6.51. The van der Waals surface area contributed by atoms with Crippen molar-refractivity contribution in [1.82, 2.24) is 9.62 Å². The van der Waals surface area contributed by atoms with E-state index in [0.717, 1.165) is 11.5 Å². The van der Waals surface area contributed by atoms with E-state index in [1.807, 2.05) is 0 Å². The third kappa shape index (κ3) is 7.89. The van der Waals surface area contributed by atoms with E-state index < -0.39 is 10.0 Å². The van der Waals surface area contributed by atoms with Crippen LogP contribution in [0.1, 0.15) is 13.8 Å². The first kappa shape index (κ1) is 20.3. The first-order valence-corrected chi connectivity index (χ1v) is 9.27. The molecule has 0 amide bonds. The maximum absolute atomic E-state index is 12.0. The fourth-order valence-corrected chi connectivity index (χ4v) is 4.09. The summed E-state index contributed by atoms with van der Waals surface area (Å²) >= 11 is 1.79. The highest BCUT2D eigenvalue weighted by atomic mass is 127. The molecule has 1 rings (SSSR count). The molecule has 1 fully saturated rings. The summed E-state index contributed by atoms with van der Waals surface area (Å²) in [4.78, 5) is 4.13. The molecule has 0 atom stereocenters. The van der Waals surface area contributed by atoms with Gasteiger partial charge in [-0.2, -0.15) is 11.8 Å². The Bertz CT molecular complexity index is 395. The van der Waals surface area contributed by atoms with Crippen LogP contribution in [0.2, 0.25) is 0 Å². The van der Waals surface area contributed by atoms with Crippen molar-refractivity contribution in [1.29, 1.82) is 0 Å². The highest BCUT2D eigenvalue weighted by molar-refractivity contribution is 14.0. The van der Waals surface area contributed by atoms with E-state index in [1.165, 1.54) is 0 Å². The van der Waals surface area contributed by atoms with Gasteiger partial charge in [-0.05, 0) is 5.92 Å². The average molecular weight is 436 g/mol. The molecule has 0 radical (unpaired) electrons. The molecule has 1 aliphatic heterocycles. The van der Waals surface area contributed by atoms with E-state index in [-0.39, 0.29) is 29.7 Å². The lowest BCUT2D eigenvalue weighted by atomic mass is 10.2. The molecule has 0 aromatic carbocycles. The van der Waals surface area contributed by atoms with Crippen LogP contribution in [-0.2, 0) is 10.0 Å². The van der Waals surface area contributed by atoms with Gasteiger partial charge in [-0.3, -0.25) is 4.99 Å². The second kappa shape index (κ2) is 10.1. The van der Waals surface area contributed by atoms with E-state index in [2.05, 4.69) is 24.2 Å². The minimum absolute atomic E-state index is 0. The van der Waals surface area contributed by atoms with Crippen molar-refractivity contribution in [2.45, 2.75) is 13.8 Å². The molecular weight excluding hydrogens is 411 g/mol. The Morgan fingerprint density at radius 3 is 2.55 bits per heavy atom. The number of guanidine groups is 1. The molecule has 0 bridgehead atoms. The van der Waals surface area contributed by atoms with E-state index in [4.69, 9.17) is 5.73 Å². The van der Waals surface area contributed by atoms with Gasteiger partial charge >= 0.3 is 0 Å². The van der Waals surface area contributed by atoms with Crippen LogP contribution < -0.4 is 11.1 Å². The molecule has 6 nitrogen and oxygen atoms in total. The smallest absolute Gasteiger partial charge is 0.215 e. The summed E-state index contributed by atoms with van der Waals surface area (Å²) < 4.78 is 25.6. The van der Waals surface area contributed by atoms with Crippen LogP contribution in [0, 0.1) is 5.92 Å². The Balaban J connectivity index is 0.00000361. The van der Waals surface area contributed by atoms with Crippen LogP contribution in [0.25, 0.3) is 0 Å². The monoisotopic (exact) mass is 436 g/mol. The number of hydrogen-bond acceptors (Lipinski definition) is 4. The third-order valence-electron chi connectivity index (χ3n) is 2.66. The highest BCUT2D eigenvalue weighted by Gasteiger charge is 2.23. The lowest BCUT2D eigenvalue weighted by Gasteiger charge is -2.25. The Kier molecular flexibility index (Phi) is 10.2. The van der Waals surface area contributed by atoms with Crippen molar-refractivity contribution in [3.05, 3.63) is 0 Å². The quantitative estimate of drug-likeness (QED) is 0.361. The molecule has 1 saturated heterocycles. The second-order valence-electron chi connectivity index (χ2n) is 4.87. The van der Waals surface area contributed by atoms with Gasteiger partial charge in [-0.25, -0.2) is 12.7 Å². The maximum Gasteiger partial charge on any atom is 0.215 e. The van der Waals surface area contributed by atoms with Gasteiger partial charge in [-0.1, -0.05) is 13.8 Å². The van der Waals surface area contributed by atoms with Gasteiger partial charge < -0.3 is 11.1 Å². The summed E-state index contributed by atoms with van der Waals surface area (Å²) in [7, 11) is -3.16. The number of nitrogens with one attached hydrogen (secondary N) is 1. The summed E-state index contributed by atoms with van der Waals surface area (Å²) in [5.41, 5.74) is 5.66. The maximum atomic E-state index is 12.0. The normalized spacial score (nSPS) is 17.9. The van der Waals surface area contributed by atoms with E-state index in [1.54, 1.807) is 16.1 Å². The minimum atomic E-state index is -3.16. The summed E-state index contributed by atoms with van der Waals surface area (Å²) in [5, 5.41) is 2.85. The van der Waals surface area contributed by atoms with Crippen LogP contribution in [-0.4, -0.2) is 62.1 Å². The number of halogens is 1. The van der Waals surface area contributed by atoms with Gasteiger partial charge in [-0.15, -0.1) is 24.0 Å². The van der Waals surface area contributed by atoms with Gasteiger partial charge in [0.1, 0.15) is 0 Å². The Morgan fingerprint density at radius 1 is 1.40 bits per heavy atom. The molecule has 0 spiro atoms. The Hall–Kier alpha value is 0.260. The number of nitrogens with zero attached hydrogens (tertiary/aromatic N) is 2. The van der Waals surface area contributed by atoms with Crippen molar-refractivity contribution < 1.29 is 8.42 Å². The third-order valence-corrected chi connectivity index (χ3v) is 5.47. The summed E-state index contributed by atoms with van der Waals surface area (Å²) in [6.45, 7) is 6.29. The van der Waals surface area contributed by atoms with Crippen molar-refractivity contribution in [2.24, 2.45) is 16.6 Å². The van der Waals surface area contributed by atoms with Gasteiger partial charge in [0, 0.05) is 37.7 Å². The lowest BCUT2D eigenvalue weighted by molar-refractivity contribution is 0.443. The zero-order chi connectivity index (χ0) is 14.3. The van der Waals surface area contributed by atoms with E-state index in [0.29, 0.717) is 38.1 Å². The average Bonchev–Trinajstić information content (AvgIpc) is 2.37. The van der Waals surface area contributed by atoms with E-state index in [9.17, 15) is 8.42 Å². The lowest BCUT2D eigenvalue weighted by Crippen LogP contribution is -2.43. The minimum Gasteiger partial charge on any atom is -0.370 e. The molecule has 0 aliphatic carbocycles. The molecule has 1 heterocycles. The zero-order valence-corrected chi connectivity index (χ0v) is 16.0. The van der Waals surface area contributed by atoms with Gasteiger partial charge in [0.05, 0.1) is 5.75 Å². The molecule has 20 heavy (non-hydrogen) atoms. The van der Waals surface area contributed by atoms with Crippen molar-refractivity contribution in [2.75, 3.05) is 43.4 Å². The molecule has 9 heteroatoms. The SMILES string of the molecule is CC(C)CN=C(N)NCCS(=O)(=O)N1CCSCC1.I. The summed E-state index contributed by atoms with van der Waals surface area (Å²) in [6.07, 6.45) is 0. The molecule has 0 aromatic rings. The molecular formula is C11H25IN4O2S2. The number of rotatable bonds is 6. The molecule has 0 aromatic heterocycles. The number of hydrogen-bond donors (Lipinski definition) is 2. The number of sulfonamides is 1. The number of nitrogens with two attached hydrogens (primary N) is 1. The largest absolute Gasteiger partial charge is 0.370 e. The first-order chi connectivity index (χ1) is 8.92. The number of aliphatic imine (C=N–C) groups is 1. The molecule has 0 unspecified atom stereocenters. The van der Waals surface area contributed by atoms with Crippen LogP contribution >= 0.6 is 35.7 Å². The predicted octanol–water partition coefficient (Wildman–Crippen LogP) is 0.543. The standard InChI is InChI=1S/C11H24N4O2S2.HI/c1-10(2)9-14-11(12)13-3-8-19(16,17)15-4-6-18-7-5-15;/h10H,3-9H2,1-2H3,(H3,12,13,14);1H. The fourth-order valence-electron chi connectivity index (χ4n) is 1.60. The van der Waals surface area contributed by atoms with Gasteiger partial charge in [0.25, 0.3) is 0 Å². The fraction of sp³-hybridized carbons (Fsp3) is 0.909. The Labute approximate surface area is 143 Å². The molecule has 3 N–H and O–H groups in total. The second-order valence-corrected chi connectivity index (χ2v) is 8.19. The van der Waals surface area contributed by atoms with Crippen LogP contribution in [0.4, 0.5) is 0 Å². The molecule has 1 aliphatic rings. The molecule has 0 saturated carbocycles. The molecule has 120 valence electrons. The topological polar surface area (TPSA) is 87.8 Å².